The van der Waals surface area contributed by atoms with Gasteiger partial charge in [-0.2, -0.15) is 5.10 Å². The molecule has 27 heavy (non-hydrogen) atoms. The second-order valence-corrected chi connectivity index (χ2v) is 5.62. The van der Waals surface area contributed by atoms with Crippen LogP contribution >= 0.6 is 0 Å². The predicted octanol–water partition coefficient (Wildman–Crippen LogP) is 4.04. The second-order valence-electron chi connectivity index (χ2n) is 5.62. The SMILES string of the molecule is CCOc1ccc(C(=O)N/N=C(/C)c2ccc(OCC)c(OCC)c2)cc1. The van der Waals surface area contributed by atoms with Crippen LogP contribution in [0.3, 0.4) is 0 Å². The van der Waals surface area contributed by atoms with Crippen LogP contribution < -0.4 is 19.6 Å². The van der Waals surface area contributed by atoms with E-state index >= 15 is 0 Å². The van der Waals surface area contributed by atoms with E-state index in [1.807, 2.05) is 45.9 Å². The summed E-state index contributed by atoms with van der Waals surface area (Å²) in [5.41, 5.74) is 4.59. The standard InChI is InChI=1S/C21H26N2O4/c1-5-25-18-11-8-16(9-12-18)21(24)23-22-15(4)17-10-13-19(26-6-2)20(14-17)27-7-3/h8-14H,5-7H2,1-4H3,(H,23,24)/b22-15-. The van der Waals surface area contributed by atoms with Crippen LogP contribution in [-0.2, 0) is 0 Å². The Morgan fingerprint density at radius 1 is 0.852 bits per heavy atom. The van der Waals surface area contributed by atoms with Gasteiger partial charge < -0.3 is 14.2 Å². The monoisotopic (exact) mass is 370 g/mol. The lowest BCUT2D eigenvalue weighted by Gasteiger charge is -2.12. The number of hydrazone groups is 1. The van der Waals surface area contributed by atoms with Gasteiger partial charge in [-0.3, -0.25) is 4.79 Å². The molecule has 0 saturated carbocycles. The molecule has 0 heterocycles. The summed E-state index contributed by atoms with van der Waals surface area (Å²) in [5.74, 6) is 1.79. The predicted molar refractivity (Wildman–Crippen MR) is 106 cm³/mol. The van der Waals surface area contributed by atoms with Crippen LogP contribution in [0, 0.1) is 0 Å². The zero-order valence-corrected chi connectivity index (χ0v) is 16.2. The van der Waals surface area contributed by atoms with Crippen molar-refractivity contribution in [1.82, 2.24) is 5.43 Å². The number of ether oxygens (including phenoxy) is 3. The third-order valence-corrected chi connectivity index (χ3v) is 3.71. The van der Waals surface area contributed by atoms with Crippen molar-refractivity contribution in [2.45, 2.75) is 27.7 Å². The summed E-state index contributed by atoms with van der Waals surface area (Å²) < 4.78 is 16.6. The first kappa shape index (κ1) is 20.3. The molecule has 0 aromatic heterocycles. The van der Waals surface area contributed by atoms with E-state index < -0.39 is 0 Å². The summed E-state index contributed by atoms with van der Waals surface area (Å²) in [7, 11) is 0. The van der Waals surface area contributed by atoms with E-state index in [9.17, 15) is 4.79 Å². The maximum absolute atomic E-state index is 12.3. The highest BCUT2D eigenvalue weighted by Gasteiger charge is 2.09. The number of nitrogens with zero attached hydrogens (tertiary/aromatic N) is 1. The fourth-order valence-electron chi connectivity index (χ4n) is 2.41. The number of hydrogen-bond acceptors (Lipinski definition) is 5. The van der Waals surface area contributed by atoms with Gasteiger partial charge in [-0.05, 0) is 70.2 Å². The van der Waals surface area contributed by atoms with E-state index in [2.05, 4.69) is 10.5 Å². The molecule has 2 rings (SSSR count). The zero-order valence-electron chi connectivity index (χ0n) is 16.2. The summed E-state index contributed by atoms with van der Waals surface area (Å²) in [5, 5.41) is 4.20. The van der Waals surface area contributed by atoms with Crippen molar-refractivity contribution in [3.8, 4) is 17.2 Å². The smallest absolute Gasteiger partial charge is 0.271 e. The van der Waals surface area contributed by atoms with Crippen LogP contribution in [0.25, 0.3) is 0 Å². The lowest BCUT2D eigenvalue weighted by molar-refractivity contribution is 0.0955. The zero-order chi connectivity index (χ0) is 19.6. The number of benzene rings is 2. The molecule has 1 N–H and O–H groups in total. The van der Waals surface area contributed by atoms with Gasteiger partial charge in [0.1, 0.15) is 5.75 Å². The third kappa shape index (κ3) is 5.74. The van der Waals surface area contributed by atoms with Crippen LogP contribution in [0.15, 0.2) is 47.6 Å². The largest absolute Gasteiger partial charge is 0.494 e. The molecule has 0 spiro atoms. The maximum Gasteiger partial charge on any atom is 0.271 e. The number of carbonyl (C=O) groups excluding carboxylic acids is 1. The van der Waals surface area contributed by atoms with Gasteiger partial charge >= 0.3 is 0 Å². The number of amides is 1. The van der Waals surface area contributed by atoms with Crippen molar-refractivity contribution in [3.63, 3.8) is 0 Å². The third-order valence-electron chi connectivity index (χ3n) is 3.71. The number of nitrogens with one attached hydrogen (secondary N) is 1. The van der Waals surface area contributed by atoms with Crippen molar-refractivity contribution in [3.05, 3.63) is 53.6 Å². The Bertz CT molecular complexity index is 785. The van der Waals surface area contributed by atoms with Crippen molar-refractivity contribution in [2.24, 2.45) is 5.10 Å². The molecule has 0 fully saturated rings. The Morgan fingerprint density at radius 2 is 1.44 bits per heavy atom. The molecule has 6 heteroatoms. The number of hydrogen-bond donors (Lipinski definition) is 1. The molecule has 2 aromatic carbocycles. The van der Waals surface area contributed by atoms with Crippen molar-refractivity contribution >= 4 is 11.6 Å². The minimum Gasteiger partial charge on any atom is -0.494 e. The van der Waals surface area contributed by atoms with Crippen LogP contribution in [0.2, 0.25) is 0 Å². The molecular formula is C21H26N2O4. The minimum absolute atomic E-state index is 0.284. The van der Waals surface area contributed by atoms with Gasteiger partial charge in [0, 0.05) is 11.1 Å². The van der Waals surface area contributed by atoms with Gasteiger partial charge in [0.05, 0.1) is 25.5 Å². The molecule has 0 bridgehead atoms. The molecule has 0 aliphatic rings. The fourth-order valence-corrected chi connectivity index (χ4v) is 2.41. The van der Waals surface area contributed by atoms with Gasteiger partial charge in [0.2, 0.25) is 0 Å². The summed E-state index contributed by atoms with van der Waals surface area (Å²) in [6.07, 6.45) is 0. The Morgan fingerprint density at radius 3 is 2.07 bits per heavy atom. The lowest BCUT2D eigenvalue weighted by atomic mass is 10.1. The molecule has 0 aliphatic carbocycles. The van der Waals surface area contributed by atoms with Crippen molar-refractivity contribution in [1.29, 1.82) is 0 Å². The molecule has 0 atom stereocenters. The number of carbonyl (C=O) groups is 1. The highest BCUT2D eigenvalue weighted by Crippen LogP contribution is 2.28. The van der Waals surface area contributed by atoms with Gasteiger partial charge in [-0.25, -0.2) is 5.43 Å². The first-order valence-electron chi connectivity index (χ1n) is 9.06. The minimum atomic E-state index is -0.284. The summed E-state index contributed by atoms with van der Waals surface area (Å²) >= 11 is 0. The average Bonchev–Trinajstić information content (AvgIpc) is 2.68. The Kier molecular flexibility index (Phi) is 7.67. The second kappa shape index (κ2) is 10.2. The van der Waals surface area contributed by atoms with E-state index in [1.54, 1.807) is 24.3 Å². The first-order chi connectivity index (χ1) is 13.1. The van der Waals surface area contributed by atoms with Crippen molar-refractivity contribution in [2.75, 3.05) is 19.8 Å². The molecule has 0 saturated heterocycles. The maximum atomic E-state index is 12.3. The number of rotatable bonds is 9. The lowest BCUT2D eigenvalue weighted by Crippen LogP contribution is -2.19. The average molecular weight is 370 g/mol. The molecule has 0 unspecified atom stereocenters. The van der Waals surface area contributed by atoms with Gasteiger partial charge in [-0.15, -0.1) is 0 Å². The van der Waals surface area contributed by atoms with Gasteiger partial charge in [0.15, 0.2) is 11.5 Å². The van der Waals surface area contributed by atoms with E-state index in [-0.39, 0.29) is 5.91 Å². The molecule has 144 valence electrons. The van der Waals surface area contributed by atoms with E-state index in [1.165, 1.54) is 0 Å². The van der Waals surface area contributed by atoms with E-state index in [4.69, 9.17) is 14.2 Å². The Hall–Kier alpha value is -3.02. The van der Waals surface area contributed by atoms with Crippen LogP contribution in [0.5, 0.6) is 17.2 Å². The summed E-state index contributed by atoms with van der Waals surface area (Å²) in [6.45, 7) is 9.26. The van der Waals surface area contributed by atoms with Crippen molar-refractivity contribution < 1.29 is 19.0 Å². The molecule has 2 aromatic rings. The van der Waals surface area contributed by atoms with Crippen LogP contribution in [0.1, 0.15) is 43.6 Å². The first-order valence-corrected chi connectivity index (χ1v) is 9.06. The summed E-state index contributed by atoms with van der Waals surface area (Å²) in [6, 6.07) is 12.5. The molecule has 6 nitrogen and oxygen atoms in total. The molecule has 0 aliphatic heterocycles. The quantitative estimate of drug-likeness (QED) is 0.534. The van der Waals surface area contributed by atoms with Crippen LogP contribution in [0.4, 0.5) is 0 Å². The Balaban J connectivity index is 2.09. The molecule has 0 radical (unpaired) electrons. The van der Waals surface area contributed by atoms with Gasteiger partial charge in [-0.1, -0.05) is 0 Å². The molecule has 1 amide bonds. The molecular weight excluding hydrogens is 344 g/mol. The Labute approximate surface area is 160 Å². The van der Waals surface area contributed by atoms with Gasteiger partial charge in [0.25, 0.3) is 5.91 Å². The normalized spacial score (nSPS) is 11.0. The van der Waals surface area contributed by atoms with E-state index in [0.29, 0.717) is 42.6 Å². The van der Waals surface area contributed by atoms with Crippen LogP contribution in [-0.4, -0.2) is 31.4 Å². The summed E-state index contributed by atoms with van der Waals surface area (Å²) in [4.78, 5) is 12.3. The van der Waals surface area contributed by atoms with E-state index in [0.717, 1.165) is 11.3 Å². The topological polar surface area (TPSA) is 69.2 Å². The highest BCUT2D eigenvalue weighted by atomic mass is 16.5. The fraction of sp³-hybridized carbons (Fsp3) is 0.333. The highest BCUT2D eigenvalue weighted by molar-refractivity contribution is 6.01.